The number of nitrogens with zero attached hydrogens (tertiary/aromatic N) is 2. The molecule has 7 heteroatoms. The van der Waals surface area contributed by atoms with Crippen molar-refractivity contribution < 1.29 is 9.47 Å². The summed E-state index contributed by atoms with van der Waals surface area (Å²) in [6.07, 6.45) is -0.185. The molecule has 0 saturated heterocycles. The van der Waals surface area contributed by atoms with Crippen molar-refractivity contribution in [2.75, 3.05) is 24.7 Å². The molecule has 0 fully saturated rings. The van der Waals surface area contributed by atoms with Crippen molar-refractivity contribution >= 4 is 28.2 Å². The topological polar surface area (TPSA) is 70.3 Å². The number of hydrogen-bond donors (Lipinski definition) is 1. The van der Waals surface area contributed by atoms with E-state index in [-0.39, 0.29) is 6.29 Å². The average molecular weight is 249 g/mol. The Labute approximate surface area is 97.4 Å². The van der Waals surface area contributed by atoms with Crippen molar-refractivity contribution in [3.63, 3.8) is 0 Å². The lowest BCUT2D eigenvalue weighted by molar-refractivity contribution is -0.120. The molecule has 0 amide bonds. The molecule has 1 rings (SSSR count). The van der Waals surface area contributed by atoms with Gasteiger partial charge in [-0.15, -0.1) is 10.2 Å². The Balaban J connectivity index is 2.32. The number of hydrogen-bond acceptors (Lipinski definition) is 7. The van der Waals surface area contributed by atoms with Crippen LogP contribution >= 0.6 is 23.1 Å². The van der Waals surface area contributed by atoms with Crippen molar-refractivity contribution in [1.29, 1.82) is 0 Å². The first kappa shape index (κ1) is 12.7. The fourth-order valence-electron chi connectivity index (χ4n) is 0.934. The lowest BCUT2D eigenvalue weighted by Crippen LogP contribution is -2.19. The summed E-state index contributed by atoms with van der Waals surface area (Å²) >= 11 is 2.92. The molecule has 0 atom stereocenters. The van der Waals surface area contributed by atoms with Crippen LogP contribution in [0.2, 0.25) is 0 Å². The van der Waals surface area contributed by atoms with Crippen molar-refractivity contribution in [3.05, 3.63) is 0 Å². The zero-order chi connectivity index (χ0) is 11.1. The van der Waals surface area contributed by atoms with Gasteiger partial charge in [-0.1, -0.05) is 23.1 Å². The zero-order valence-corrected chi connectivity index (χ0v) is 10.4. The molecule has 1 heterocycles. The molecule has 2 N–H and O–H groups in total. The predicted molar refractivity (Wildman–Crippen MR) is 62.1 cm³/mol. The van der Waals surface area contributed by atoms with Gasteiger partial charge in [0.05, 0.1) is 5.75 Å². The summed E-state index contributed by atoms with van der Waals surface area (Å²) in [5, 5.41) is 8.12. The van der Waals surface area contributed by atoms with Crippen molar-refractivity contribution in [2.24, 2.45) is 0 Å². The standard InChI is InChI=1S/C8H15N3O2S2/c1-3-12-6(13-4-2)5-14-8-11-10-7(9)15-8/h6H,3-5H2,1-2H3,(H2,9,10). The minimum atomic E-state index is -0.185. The van der Waals surface area contributed by atoms with Gasteiger partial charge in [0, 0.05) is 13.2 Å². The number of nitrogens with two attached hydrogens (primary N) is 1. The number of thioether (sulfide) groups is 1. The maximum Gasteiger partial charge on any atom is 0.203 e. The first-order valence-electron chi connectivity index (χ1n) is 4.71. The van der Waals surface area contributed by atoms with Crippen LogP contribution in [-0.2, 0) is 9.47 Å². The highest BCUT2D eigenvalue weighted by atomic mass is 32.2. The molecule has 1 aromatic heterocycles. The minimum Gasteiger partial charge on any atom is -0.374 e. The van der Waals surface area contributed by atoms with E-state index in [0.717, 1.165) is 4.34 Å². The first-order valence-corrected chi connectivity index (χ1v) is 6.51. The highest BCUT2D eigenvalue weighted by molar-refractivity contribution is 8.01. The summed E-state index contributed by atoms with van der Waals surface area (Å²) in [7, 11) is 0. The maximum absolute atomic E-state index is 5.47. The Kier molecular flexibility index (Phi) is 5.92. The molecule has 0 unspecified atom stereocenters. The molecule has 0 radical (unpaired) electrons. The van der Waals surface area contributed by atoms with Crippen LogP contribution in [0.5, 0.6) is 0 Å². The van der Waals surface area contributed by atoms with Crippen LogP contribution in [0.4, 0.5) is 5.13 Å². The van der Waals surface area contributed by atoms with Gasteiger partial charge < -0.3 is 15.2 Å². The van der Waals surface area contributed by atoms with Crippen LogP contribution in [0.15, 0.2) is 4.34 Å². The number of nitrogen functional groups attached to an aromatic ring is 1. The van der Waals surface area contributed by atoms with Gasteiger partial charge in [-0.25, -0.2) is 0 Å². The molecular weight excluding hydrogens is 234 g/mol. The Morgan fingerprint density at radius 1 is 1.33 bits per heavy atom. The zero-order valence-electron chi connectivity index (χ0n) is 8.80. The normalized spacial score (nSPS) is 11.1. The largest absolute Gasteiger partial charge is 0.374 e. The lowest BCUT2D eigenvalue weighted by Gasteiger charge is -2.15. The van der Waals surface area contributed by atoms with Gasteiger partial charge >= 0.3 is 0 Å². The molecule has 5 nitrogen and oxygen atoms in total. The lowest BCUT2D eigenvalue weighted by atomic mass is 10.7. The van der Waals surface area contributed by atoms with Crippen LogP contribution in [-0.4, -0.2) is 35.5 Å². The Morgan fingerprint density at radius 3 is 2.47 bits per heavy atom. The summed E-state index contributed by atoms with van der Waals surface area (Å²) in [4.78, 5) is 0. The molecule has 0 aliphatic rings. The molecule has 86 valence electrons. The smallest absolute Gasteiger partial charge is 0.203 e. The van der Waals surface area contributed by atoms with E-state index in [1.807, 2.05) is 13.8 Å². The van der Waals surface area contributed by atoms with Crippen LogP contribution < -0.4 is 5.73 Å². The van der Waals surface area contributed by atoms with E-state index in [2.05, 4.69) is 10.2 Å². The Hall–Kier alpha value is -0.370. The van der Waals surface area contributed by atoms with Crippen LogP contribution in [0, 0.1) is 0 Å². The van der Waals surface area contributed by atoms with E-state index in [1.165, 1.54) is 11.3 Å². The predicted octanol–water partition coefficient (Wildman–Crippen LogP) is 1.61. The second kappa shape index (κ2) is 7.00. The molecule has 0 bridgehead atoms. The number of rotatable bonds is 7. The number of ether oxygens (including phenoxy) is 2. The van der Waals surface area contributed by atoms with E-state index < -0.39 is 0 Å². The molecule has 15 heavy (non-hydrogen) atoms. The Morgan fingerprint density at radius 2 is 2.00 bits per heavy atom. The molecule has 0 aromatic carbocycles. The van der Waals surface area contributed by atoms with Gasteiger partial charge in [-0.2, -0.15) is 0 Å². The molecule has 0 aliphatic carbocycles. The monoisotopic (exact) mass is 249 g/mol. The van der Waals surface area contributed by atoms with E-state index in [9.17, 15) is 0 Å². The molecule has 0 spiro atoms. The van der Waals surface area contributed by atoms with Crippen molar-refractivity contribution in [2.45, 2.75) is 24.5 Å². The third-order valence-electron chi connectivity index (χ3n) is 1.47. The van der Waals surface area contributed by atoms with Gasteiger partial charge in [0.2, 0.25) is 5.13 Å². The van der Waals surface area contributed by atoms with Gasteiger partial charge in [-0.3, -0.25) is 0 Å². The fourth-order valence-corrected chi connectivity index (χ4v) is 2.54. The molecule has 1 aromatic rings. The minimum absolute atomic E-state index is 0.185. The molecule has 0 aliphatic heterocycles. The van der Waals surface area contributed by atoms with Crippen molar-refractivity contribution in [3.8, 4) is 0 Å². The fraction of sp³-hybridized carbons (Fsp3) is 0.750. The van der Waals surface area contributed by atoms with E-state index in [1.54, 1.807) is 11.8 Å². The Bertz CT molecular complexity index is 277. The highest BCUT2D eigenvalue weighted by Crippen LogP contribution is 2.24. The van der Waals surface area contributed by atoms with E-state index in [4.69, 9.17) is 15.2 Å². The van der Waals surface area contributed by atoms with Crippen LogP contribution in [0.25, 0.3) is 0 Å². The first-order chi connectivity index (χ1) is 7.26. The number of anilines is 1. The highest BCUT2D eigenvalue weighted by Gasteiger charge is 2.10. The average Bonchev–Trinajstić information content (AvgIpc) is 2.61. The second-order valence-electron chi connectivity index (χ2n) is 2.56. The van der Waals surface area contributed by atoms with Gasteiger partial charge in [0.25, 0.3) is 0 Å². The van der Waals surface area contributed by atoms with E-state index in [0.29, 0.717) is 24.1 Å². The summed E-state index contributed by atoms with van der Waals surface area (Å²) in [5.74, 6) is 0.705. The van der Waals surface area contributed by atoms with Gasteiger partial charge in [0.15, 0.2) is 10.6 Å². The van der Waals surface area contributed by atoms with Crippen LogP contribution in [0.3, 0.4) is 0 Å². The third kappa shape index (κ3) is 4.78. The maximum atomic E-state index is 5.47. The quantitative estimate of drug-likeness (QED) is 0.585. The number of aromatic nitrogens is 2. The summed E-state index contributed by atoms with van der Waals surface area (Å²) in [6, 6.07) is 0. The summed E-state index contributed by atoms with van der Waals surface area (Å²) in [5.41, 5.74) is 5.47. The summed E-state index contributed by atoms with van der Waals surface area (Å²) < 4.78 is 11.6. The molecular formula is C8H15N3O2S2. The van der Waals surface area contributed by atoms with E-state index >= 15 is 0 Å². The second-order valence-corrected chi connectivity index (χ2v) is 4.83. The third-order valence-corrected chi connectivity index (χ3v) is 3.39. The van der Waals surface area contributed by atoms with Crippen molar-refractivity contribution in [1.82, 2.24) is 10.2 Å². The van der Waals surface area contributed by atoms with Crippen LogP contribution in [0.1, 0.15) is 13.8 Å². The van der Waals surface area contributed by atoms with Gasteiger partial charge in [0.1, 0.15) is 0 Å². The summed E-state index contributed by atoms with van der Waals surface area (Å²) in [6.45, 7) is 5.17. The van der Waals surface area contributed by atoms with Gasteiger partial charge in [-0.05, 0) is 13.8 Å². The SMILES string of the molecule is CCOC(CSc1nnc(N)s1)OCC. The molecule has 0 saturated carbocycles.